The van der Waals surface area contributed by atoms with Crippen molar-refractivity contribution in [1.82, 2.24) is 9.78 Å². The third-order valence-electron chi connectivity index (χ3n) is 6.95. The lowest BCUT2D eigenvalue weighted by atomic mass is 10.2. The second kappa shape index (κ2) is 14.0. The van der Waals surface area contributed by atoms with Crippen molar-refractivity contribution in [3.05, 3.63) is 163 Å². The van der Waals surface area contributed by atoms with E-state index in [-0.39, 0.29) is 0 Å². The molecule has 5 aromatic carbocycles. The van der Waals surface area contributed by atoms with E-state index in [1.807, 2.05) is 73.7 Å². The fourth-order valence-electron chi connectivity index (χ4n) is 5.23. The molecule has 6 rings (SSSR count). The van der Waals surface area contributed by atoms with Gasteiger partial charge in [0.15, 0.2) is 12.6 Å². The van der Waals surface area contributed by atoms with Gasteiger partial charge in [-0.1, -0.05) is 91.0 Å². The van der Waals surface area contributed by atoms with Gasteiger partial charge in [-0.3, -0.25) is 0 Å². The van der Waals surface area contributed by atoms with Crippen LogP contribution in [0.4, 0.5) is 0 Å². The van der Waals surface area contributed by atoms with Gasteiger partial charge < -0.3 is 4.74 Å². The standard InChI is InChI=1S/C35H28N2O2P.ClHO4/c1-27-33(34(37(36-27)29-19-9-3-10-20-29)39-35(38)28-17-7-2-8-18-28)40(30-21-11-4-12-22-30,31-23-13-5-14-24-31)32-25-15-6-16-26-32;2-1(3,4)5/h2-26H,1H3;(H,2,3,4,5)/q+1;/p-1. The molecule has 0 atom stereocenters. The zero-order valence-electron chi connectivity index (χ0n) is 24.1. The minimum absolute atomic E-state index is 0.425. The maximum atomic E-state index is 13.6. The molecule has 0 saturated carbocycles. The van der Waals surface area contributed by atoms with Crippen molar-refractivity contribution < 1.29 is 38.4 Å². The molecule has 1 heterocycles. The fourth-order valence-corrected chi connectivity index (χ4v) is 9.71. The lowest BCUT2D eigenvalue weighted by Crippen LogP contribution is -2.68. The van der Waals surface area contributed by atoms with Crippen molar-refractivity contribution in [3.8, 4) is 11.6 Å². The number of nitrogens with zero attached hydrogens (tertiary/aromatic N) is 2. The van der Waals surface area contributed by atoms with E-state index in [2.05, 4.69) is 72.8 Å². The van der Waals surface area contributed by atoms with E-state index in [1.54, 1.807) is 16.8 Å². The molecule has 45 heavy (non-hydrogen) atoms. The van der Waals surface area contributed by atoms with Gasteiger partial charge in [0.05, 0.1) is 11.3 Å². The Hall–Kier alpha value is -4.66. The van der Waals surface area contributed by atoms with Gasteiger partial charge in [0.25, 0.3) is 5.88 Å². The first kappa shape index (κ1) is 31.8. The molecule has 0 saturated heterocycles. The van der Waals surface area contributed by atoms with Gasteiger partial charge in [0, 0.05) is 0 Å². The van der Waals surface area contributed by atoms with Crippen LogP contribution in [0.2, 0.25) is 0 Å². The zero-order valence-corrected chi connectivity index (χ0v) is 25.8. The average Bonchev–Trinajstić information content (AvgIpc) is 3.38. The van der Waals surface area contributed by atoms with Crippen LogP contribution in [-0.4, -0.2) is 15.7 Å². The highest BCUT2D eigenvalue weighted by Gasteiger charge is 2.53. The lowest BCUT2D eigenvalue weighted by Gasteiger charge is -2.27. The molecule has 226 valence electrons. The van der Waals surface area contributed by atoms with E-state index >= 15 is 0 Å². The number of halogens is 1. The monoisotopic (exact) mass is 638 g/mol. The second-order valence-corrected chi connectivity index (χ2v) is 13.9. The van der Waals surface area contributed by atoms with Crippen LogP contribution in [0.5, 0.6) is 5.88 Å². The molecule has 0 aliphatic rings. The van der Waals surface area contributed by atoms with Crippen LogP contribution in [0, 0.1) is 17.2 Å². The van der Waals surface area contributed by atoms with Crippen LogP contribution in [-0.2, 0) is 0 Å². The zero-order chi connectivity index (χ0) is 31.9. The number of esters is 1. The largest absolute Gasteiger partial charge is 0.399 e. The number of aryl methyl sites for hydroxylation is 1. The van der Waals surface area contributed by atoms with E-state index < -0.39 is 23.5 Å². The maximum absolute atomic E-state index is 13.6. The van der Waals surface area contributed by atoms with Gasteiger partial charge in [-0.2, -0.15) is 9.78 Å². The Balaban J connectivity index is 0.000000743. The number of ether oxygens (including phenoxy) is 1. The molecular weight excluding hydrogens is 611 g/mol. The summed E-state index contributed by atoms with van der Waals surface area (Å²) < 4.78 is 42.1. The van der Waals surface area contributed by atoms with E-state index in [4.69, 9.17) is 28.5 Å². The van der Waals surface area contributed by atoms with Crippen molar-refractivity contribution in [2.45, 2.75) is 6.92 Å². The minimum atomic E-state index is -4.94. The summed E-state index contributed by atoms with van der Waals surface area (Å²) in [7, 11) is -7.53. The van der Waals surface area contributed by atoms with Crippen molar-refractivity contribution >= 4 is 34.4 Å². The topological polar surface area (TPSA) is 136 Å². The van der Waals surface area contributed by atoms with E-state index in [0.717, 1.165) is 32.6 Å². The Morgan fingerprint density at radius 1 is 0.622 bits per heavy atom. The minimum Gasteiger partial charge on any atom is -0.399 e. The predicted octanol–water partition coefficient (Wildman–Crippen LogP) is 1.26. The molecule has 0 unspecified atom stereocenters. The van der Waals surface area contributed by atoms with E-state index in [1.165, 1.54) is 0 Å². The van der Waals surface area contributed by atoms with Crippen LogP contribution in [0.15, 0.2) is 152 Å². The van der Waals surface area contributed by atoms with Crippen LogP contribution in [0.1, 0.15) is 16.1 Å². The molecule has 0 fully saturated rings. The number of rotatable bonds is 7. The number of aromatic nitrogens is 2. The molecule has 8 nitrogen and oxygen atoms in total. The van der Waals surface area contributed by atoms with Crippen LogP contribution in [0.25, 0.3) is 5.69 Å². The van der Waals surface area contributed by atoms with E-state index in [0.29, 0.717) is 11.4 Å². The number of hydrogen-bond donors (Lipinski definition) is 0. The quantitative estimate of drug-likeness (QED) is 0.190. The first-order valence-corrected chi connectivity index (χ1v) is 16.8. The Labute approximate surface area is 263 Å². The predicted molar refractivity (Wildman–Crippen MR) is 164 cm³/mol. The van der Waals surface area contributed by atoms with Gasteiger partial charge in [-0.05, 0) is 67.6 Å². The van der Waals surface area contributed by atoms with Gasteiger partial charge >= 0.3 is 5.97 Å². The molecule has 0 N–H and O–H groups in total. The Bertz CT molecular complexity index is 1730. The van der Waals surface area contributed by atoms with Crippen LogP contribution in [0.3, 0.4) is 0 Å². The molecule has 0 bridgehead atoms. The highest BCUT2D eigenvalue weighted by Crippen LogP contribution is 2.57. The third-order valence-corrected chi connectivity index (χ3v) is 11.4. The average molecular weight is 639 g/mol. The number of hydrogen-bond acceptors (Lipinski definition) is 7. The van der Waals surface area contributed by atoms with Crippen LogP contribution >= 0.6 is 7.26 Å². The summed E-state index contributed by atoms with van der Waals surface area (Å²) in [6.07, 6.45) is 0. The highest BCUT2D eigenvalue weighted by molar-refractivity contribution is 8.01. The summed E-state index contributed by atoms with van der Waals surface area (Å²) in [4.78, 5) is 13.6. The van der Waals surface area contributed by atoms with Crippen molar-refractivity contribution in [3.63, 3.8) is 0 Å². The second-order valence-electron chi connectivity index (χ2n) is 9.80. The summed E-state index contributed by atoms with van der Waals surface area (Å²) in [5.41, 5.74) is 2.11. The summed E-state index contributed by atoms with van der Waals surface area (Å²) in [6, 6.07) is 50.5. The number of carbonyl (C=O) groups is 1. The normalized spacial score (nSPS) is 11.3. The maximum Gasteiger partial charge on any atom is 0.345 e. The highest BCUT2D eigenvalue weighted by atomic mass is 35.7. The molecule has 1 aromatic heterocycles. The molecule has 0 aliphatic heterocycles. The SMILES string of the molecule is Cc1nn(-c2ccccc2)c(OC(=O)c2ccccc2)c1[P+](c1ccccc1)(c1ccccc1)c1ccccc1.[O-][Cl+3]([O-])([O-])[O-]. The molecule has 0 spiro atoms. The Kier molecular flexibility index (Phi) is 9.86. The van der Waals surface area contributed by atoms with Gasteiger partial charge in [0.1, 0.15) is 21.6 Å². The molecular formula is C35H28ClN2O6P. The molecule has 10 heteroatoms. The summed E-state index contributed by atoms with van der Waals surface area (Å²) >= 11 is 0. The summed E-state index contributed by atoms with van der Waals surface area (Å²) in [6.45, 7) is 2.01. The molecule has 6 aromatic rings. The Morgan fingerprint density at radius 2 is 0.978 bits per heavy atom. The van der Waals surface area contributed by atoms with Crippen molar-refractivity contribution in [1.29, 1.82) is 0 Å². The van der Waals surface area contributed by atoms with Gasteiger partial charge in [0.2, 0.25) is 0 Å². The molecule has 0 amide bonds. The van der Waals surface area contributed by atoms with E-state index in [9.17, 15) is 4.79 Å². The van der Waals surface area contributed by atoms with Crippen molar-refractivity contribution in [2.24, 2.45) is 0 Å². The number of benzene rings is 5. The van der Waals surface area contributed by atoms with Gasteiger partial charge in [-0.25, -0.2) is 23.4 Å². The smallest absolute Gasteiger partial charge is 0.345 e. The Morgan fingerprint density at radius 3 is 1.38 bits per heavy atom. The van der Waals surface area contributed by atoms with Crippen molar-refractivity contribution in [2.75, 3.05) is 0 Å². The van der Waals surface area contributed by atoms with Crippen LogP contribution < -0.4 is 44.6 Å². The van der Waals surface area contributed by atoms with Gasteiger partial charge in [-0.15, -0.1) is 10.2 Å². The first-order chi connectivity index (χ1) is 21.7. The summed E-state index contributed by atoms with van der Waals surface area (Å²) in [5, 5.41) is 9.42. The summed E-state index contributed by atoms with van der Waals surface area (Å²) in [5.74, 6) is 0.00802. The third kappa shape index (κ3) is 7.19. The fraction of sp³-hybridized carbons (Fsp3) is 0.0286. The lowest BCUT2D eigenvalue weighted by molar-refractivity contribution is -2.00. The number of para-hydroxylation sites is 1. The molecule has 0 radical (unpaired) electrons. The number of carbonyl (C=O) groups excluding carboxylic acids is 1. The molecule has 0 aliphatic carbocycles. The first-order valence-electron chi connectivity index (χ1n) is 13.8.